The molecule has 1 saturated heterocycles. The van der Waals surface area contributed by atoms with Crippen molar-refractivity contribution in [1.29, 1.82) is 0 Å². The molecule has 1 N–H and O–H groups in total. The predicted octanol–water partition coefficient (Wildman–Crippen LogP) is 0.477. The Morgan fingerprint density at radius 3 is 2.64 bits per heavy atom. The topological polar surface area (TPSA) is 58.6 Å². The molecule has 0 spiro atoms. The molecule has 1 fully saturated rings. The number of rotatable bonds is 4. The van der Waals surface area contributed by atoms with Gasteiger partial charge in [0.15, 0.2) is 0 Å². The number of imide groups is 1. The molecule has 0 aliphatic carbocycles. The lowest BCUT2D eigenvalue weighted by atomic mass is 10.1. The van der Waals surface area contributed by atoms with Crippen LogP contribution in [0, 0.1) is 0 Å². The van der Waals surface area contributed by atoms with Crippen LogP contribution in [0.1, 0.15) is 13.8 Å². The van der Waals surface area contributed by atoms with Gasteiger partial charge in [0.05, 0.1) is 12.8 Å². The molecule has 14 heavy (non-hydrogen) atoms. The van der Waals surface area contributed by atoms with Crippen LogP contribution < -0.4 is 5.32 Å². The monoisotopic (exact) mass is 198 g/mol. The van der Waals surface area contributed by atoms with E-state index < -0.39 is 5.54 Å². The Morgan fingerprint density at radius 1 is 1.57 bits per heavy atom. The van der Waals surface area contributed by atoms with Crippen molar-refractivity contribution in [2.24, 2.45) is 0 Å². The van der Waals surface area contributed by atoms with E-state index in [1.54, 1.807) is 13.8 Å². The zero-order valence-electron chi connectivity index (χ0n) is 8.37. The van der Waals surface area contributed by atoms with E-state index in [2.05, 4.69) is 11.9 Å². The average Bonchev–Trinajstić information content (AvgIpc) is 2.28. The molecule has 1 aliphatic rings. The number of hydrogen-bond acceptors (Lipinski definition) is 3. The minimum Gasteiger partial charge on any atom is -0.500 e. The van der Waals surface area contributed by atoms with E-state index in [4.69, 9.17) is 4.74 Å². The van der Waals surface area contributed by atoms with Gasteiger partial charge in [0.1, 0.15) is 12.1 Å². The van der Waals surface area contributed by atoms with Crippen LogP contribution in [0.15, 0.2) is 12.8 Å². The molecule has 5 nitrogen and oxygen atoms in total. The number of carbonyl (C=O) groups excluding carboxylic acids is 2. The Hall–Kier alpha value is -1.52. The summed E-state index contributed by atoms with van der Waals surface area (Å²) >= 11 is 0. The molecule has 1 aliphatic heterocycles. The SMILES string of the molecule is C=COCCN1C(=O)NC(=O)C1(C)C. The second kappa shape index (κ2) is 3.69. The molecule has 0 aromatic rings. The zero-order valence-corrected chi connectivity index (χ0v) is 8.37. The summed E-state index contributed by atoms with van der Waals surface area (Å²) in [5.41, 5.74) is -0.790. The van der Waals surface area contributed by atoms with Crippen LogP contribution in [-0.4, -0.2) is 35.5 Å². The average molecular weight is 198 g/mol. The molecule has 0 bridgehead atoms. The third kappa shape index (κ3) is 1.71. The summed E-state index contributed by atoms with van der Waals surface area (Å²) in [6.45, 7) is 7.49. The van der Waals surface area contributed by atoms with Crippen LogP contribution in [0.4, 0.5) is 4.79 Å². The smallest absolute Gasteiger partial charge is 0.325 e. The highest BCUT2D eigenvalue weighted by Crippen LogP contribution is 2.19. The standard InChI is InChI=1S/C9H14N2O3/c1-4-14-6-5-11-8(13)10-7(12)9(11,2)3/h4H,1,5-6H2,2-3H3,(H,10,12,13). The number of carbonyl (C=O) groups is 2. The first-order valence-electron chi connectivity index (χ1n) is 4.35. The molecule has 0 saturated carbocycles. The van der Waals surface area contributed by atoms with Crippen molar-refractivity contribution in [3.8, 4) is 0 Å². The summed E-state index contributed by atoms with van der Waals surface area (Å²) in [5, 5.41) is 2.25. The minimum atomic E-state index is -0.790. The van der Waals surface area contributed by atoms with Crippen molar-refractivity contribution < 1.29 is 14.3 Å². The predicted molar refractivity (Wildman–Crippen MR) is 50.5 cm³/mol. The lowest BCUT2D eigenvalue weighted by Gasteiger charge is -2.27. The van der Waals surface area contributed by atoms with Crippen molar-refractivity contribution >= 4 is 11.9 Å². The molecule has 0 aromatic heterocycles. The molecule has 1 heterocycles. The van der Waals surface area contributed by atoms with E-state index in [-0.39, 0.29) is 11.9 Å². The van der Waals surface area contributed by atoms with Gasteiger partial charge in [-0.1, -0.05) is 6.58 Å². The summed E-state index contributed by atoms with van der Waals surface area (Å²) < 4.78 is 4.90. The fourth-order valence-electron chi connectivity index (χ4n) is 1.30. The second-order valence-electron chi connectivity index (χ2n) is 3.51. The highest BCUT2D eigenvalue weighted by atomic mass is 16.5. The zero-order chi connectivity index (χ0) is 10.8. The first-order valence-corrected chi connectivity index (χ1v) is 4.35. The van der Waals surface area contributed by atoms with Crippen LogP contribution in [0.2, 0.25) is 0 Å². The minimum absolute atomic E-state index is 0.277. The van der Waals surface area contributed by atoms with Gasteiger partial charge in [-0.3, -0.25) is 10.1 Å². The number of urea groups is 1. The van der Waals surface area contributed by atoms with E-state index >= 15 is 0 Å². The Morgan fingerprint density at radius 2 is 2.21 bits per heavy atom. The summed E-state index contributed by atoms with van der Waals surface area (Å²) in [4.78, 5) is 24.1. The number of nitrogens with one attached hydrogen (secondary N) is 1. The summed E-state index contributed by atoms with van der Waals surface area (Å²) in [5.74, 6) is -0.277. The fraction of sp³-hybridized carbons (Fsp3) is 0.556. The van der Waals surface area contributed by atoms with Gasteiger partial charge in [0.25, 0.3) is 5.91 Å². The fourth-order valence-corrected chi connectivity index (χ4v) is 1.30. The normalized spacial score (nSPS) is 19.4. The first kappa shape index (κ1) is 10.6. The molecular weight excluding hydrogens is 184 g/mol. The number of amides is 3. The Bertz CT molecular complexity index is 273. The molecule has 0 radical (unpaired) electrons. The number of hydrogen-bond donors (Lipinski definition) is 1. The van der Waals surface area contributed by atoms with Gasteiger partial charge in [0, 0.05) is 0 Å². The van der Waals surface area contributed by atoms with Gasteiger partial charge in [-0.15, -0.1) is 0 Å². The first-order chi connectivity index (χ1) is 6.50. The van der Waals surface area contributed by atoms with Crippen molar-refractivity contribution in [1.82, 2.24) is 10.2 Å². The molecule has 0 aromatic carbocycles. The third-order valence-corrected chi connectivity index (χ3v) is 2.25. The maximum Gasteiger partial charge on any atom is 0.325 e. The number of nitrogens with zero attached hydrogens (tertiary/aromatic N) is 1. The highest BCUT2D eigenvalue weighted by molar-refractivity contribution is 6.06. The third-order valence-electron chi connectivity index (χ3n) is 2.25. The Labute approximate surface area is 82.7 Å². The van der Waals surface area contributed by atoms with E-state index in [0.717, 1.165) is 0 Å². The van der Waals surface area contributed by atoms with Crippen LogP contribution in [0.5, 0.6) is 0 Å². The lowest BCUT2D eigenvalue weighted by molar-refractivity contribution is -0.125. The molecular formula is C9H14N2O3. The molecule has 5 heteroatoms. The van der Waals surface area contributed by atoms with E-state index in [9.17, 15) is 9.59 Å². The van der Waals surface area contributed by atoms with Gasteiger partial charge in [-0.2, -0.15) is 0 Å². The summed E-state index contributed by atoms with van der Waals surface area (Å²) in [6, 6.07) is -0.368. The van der Waals surface area contributed by atoms with Crippen LogP contribution >= 0.6 is 0 Å². The Balaban J connectivity index is 2.62. The van der Waals surface area contributed by atoms with Crippen LogP contribution in [0.3, 0.4) is 0 Å². The van der Waals surface area contributed by atoms with Crippen LogP contribution in [-0.2, 0) is 9.53 Å². The quantitative estimate of drug-likeness (QED) is 0.406. The van der Waals surface area contributed by atoms with Gasteiger partial charge in [-0.25, -0.2) is 4.79 Å². The van der Waals surface area contributed by atoms with Gasteiger partial charge >= 0.3 is 6.03 Å². The molecule has 0 atom stereocenters. The summed E-state index contributed by atoms with van der Waals surface area (Å²) in [7, 11) is 0. The largest absolute Gasteiger partial charge is 0.500 e. The summed E-state index contributed by atoms with van der Waals surface area (Å²) in [6.07, 6.45) is 1.31. The lowest BCUT2D eigenvalue weighted by Crippen LogP contribution is -2.45. The van der Waals surface area contributed by atoms with Crippen molar-refractivity contribution in [2.75, 3.05) is 13.2 Å². The highest BCUT2D eigenvalue weighted by Gasteiger charge is 2.45. The molecule has 1 rings (SSSR count). The van der Waals surface area contributed by atoms with E-state index in [1.807, 2.05) is 0 Å². The maximum absolute atomic E-state index is 11.3. The van der Waals surface area contributed by atoms with Crippen molar-refractivity contribution in [3.63, 3.8) is 0 Å². The van der Waals surface area contributed by atoms with Crippen LogP contribution in [0.25, 0.3) is 0 Å². The maximum atomic E-state index is 11.3. The van der Waals surface area contributed by atoms with E-state index in [0.29, 0.717) is 13.2 Å². The van der Waals surface area contributed by atoms with Gasteiger partial charge in [0.2, 0.25) is 0 Å². The molecule has 3 amide bonds. The van der Waals surface area contributed by atoms with E-state index in [1.165, 1.54) is 11.2 Å². The van der Waals surface area contributed by atoms with Crippen molar-refractivity contribution in [2.45, 2.75) is 19.4 Å². The number of ether oxygens (including phenoxy) is 1. The molecule has 0 unspecified atom stereocenters. The molecule has 78 valence electrons. The van der Waals surface area contributed by atoms with Gasteiger partial charge < -0.3 is 9.64 Å². The Kier molecular flexibility index (Phi) is 2.78. The second-order valence-corrected chi connectivity index (χ2v) is 3.51. The van der Waals surface area contributed by atoms with Crippen molar-refractivity contribution in [3.05, 3.63) is 12.8 Å². The van der Waals surface area contributed by atoms with Gasteiger partial charge in [-0.05, 0) is 13.8 Å².